The number of nitrogens with one attached hydrogen (secondary N) is 1. The van der Waals surface area contributed by atoms with Crippen molar-refractivity contribution in [2.75, 3.05) is 20.8 Å². The van der Waals surface area contributed by atoms with Crippen molar-refractivity contribution in [3.63, 3.8) is 0 Å². The molecule has 2 N–H and O–H groups in total. The topological polar surface area (TPSA) is 50.7 Å². The molecule has 0 saturated heterocycles. The Morgan fingerprint density at radius 2 is 1.74 bits per heavy atom. The fraction of sp³-hybridized carbons (Fsp3) is 0.600. The lowest BCUT2D eigenvalue weighted by atomic mass is 10.0. The standard InChI is InChI=1S/C15H25NO3/c1-10-7-13(18-5)14(19-6)8-12(10)11(2)16-9-15(3,4)17/h7-8,11,16-17H,9H2,1-6H3. The molecule has 4 heteroatoms. The monoisotopic (exact) mass is 267 g/mol. The van der Waals surface area contributed by atoms with E-state index in [-0.39, 0.29) is 6.04 Å². The van der Waals surface area contributed by atoms with Gasteiger partial charge in [-0.25, -0.2) is 0 Å². The van der Waals surface area contributed by atoms with Crippen LogP contribution in [0.1, 0.15) is 37.9 Å². The molecular weight excluding hydrogens is 242 g/mol. The average molecular weight is 267 g/mol. The van der Waals surface area contributed by atoms with Gasteiger partial charge in [0.1, 0.15) is 0 Å². The largest absolute Gasteiger partial charge is 0.493 e. The minimum atomic E-state index is -0.723. The van der Waals surface area contributed by atoms with Gasteiger partial charge in [0, 0.05) is 12.6 Å². The van der Waals surface area contributed by atoms with Gasteiger partial charge in [-0.3, -0.25) is 0 Å². The van der Waals surface area contributed by atoms with Crippen LogP contribution in [0.25, 0.3) is 0 Å². The molecule has 0 aromatic heterocycles. The second-order valence-electron chi connectivity index (χ2n) is 5.48. The normalized spacial score (nSPS) is 13.2. The van der Waals surface area contributed by atoms with E-state index in [0.29, 0.717) is 6.54 Å². The Morgan fingerprint density at radius 1 is 1.21 bits per heavy atom. The van der Waals surface area contributed by atoms with Crippen LogP contribution >= 0.6 is 0 Å². The minimum Gasteiger partial charge on any atom is -0.493 e. The third-order valence-corrected chi connectivity index (χ3v) is 3.08. The van der Waals surface area contributed by atoms with Crippen LogP contribution in [0.3, 0.4) is 0 Å². The second kappa shape index (κ2) is 6.26. The predicted octanol–water partition coefficient (Wildman–Crippen LogP) is 2.43. The van der Waals surface area contributed by atoms with Crippen LogP contribution < -0.4 is 14.8 Å². The van der Waals surface area contributed by atoms with Gasteiger partial charge in [0.25, 0.3) is 0 Å². The number of hydrogen-bond donors (Lipinski definition) is 2. The van der Waals surface area contributed by atoms with Gasteiger partial charge in [-0.1, -0.05) is 0 Å². The van der Waals surface area contributed by atoms with Crippen LogP contribution in [0.5, 0.6) is 11.5 Å². The smallest absolute Gasteiger partial charge is 0.161 e. The highest BCUT2D eigenvalue weighted by Gasteiger charge is 2.17. The maximum Gasteiger partial charge on any atom is 0.161 e. The van der Waals surface area contributed by atoms with Crippen LogP contribution in [0.4, 0.5) is 0 Å². The Labute approximate surface area is 115 Å². The Kier molecular flexibility index (Phi) is 5.20. The van der Waals surface area contributed by atoms with E-state index in [1.54, 1.807) is 28.1 Å². The lowest BCUT2D eigenvalue weighted by molar-refractivity contribution is 0.0770. The fourth-order valence-corrected chi connectivity index (χ4v) is 1.98. The first-order valence-electron chi connectivity index (χ1n) is 6.46. The highest BCUT2D eigenvalue weighted by atomic mass is 16.5. The lowest BCUT2D eigenvalue weighted by Crippen LogP contribution is -2.36. The van der Waals surface area contributed by atoms with Crippen molar-refractivity contribution in [3.05, 3.63) is 23.3 Å². The maximum atomic E-state index is 9.76. The van der Waals surface area contributed by atoms with E-state index in [9.17, 15) is 5.11 Å². The number of benzene rings is 1. The zero-order valence-corrected chi connectivity index (χ0v) is 12.7. The molecule has 1 unspecified atom stereocenters. The third kappa shape index (κ3) is 4.40. The molecule has 0 aliphatic heterocycles. The van der Waals surface area contributed by atoms with Gasteiger partial charge in [0.05, 0.1) is 19.8 Å². The Bertz CT molecular complexity index is 424. The van der Waals surface area contributed by atoms with Gasteiger partial charge in [0.2, 0.25) is 0 Å². The van der Waals surface area contributed by atoms with Crippen molar-refractivity contribution < 1.29 is 14.6 Å². The first-order valence-corrected chi connectivity index (χ1v) is 6.46. The molecule has 0 saturated carbocycles. The van der Waals surface area contributed by atoms with Gasteiger partial charge in [-0.05, 0) is 51.0 Å². The molecule has 0 radical (unpaired) electrons. The van der Waals surface area contributed by atoms with E-state index >= 15 is 0 Å². The molecule has 0 aliphatic rings. The Morgan fingerprint density at radius 3 is 2.21 bits per heavy atom. The molecule has 4 nitrogen and oxygen atoms in total. The molecule has 0 spiro atoms. The van der Waals surface area contributed by atoms with Crippen molar-refractivity contribution in [2.45, 2.75) is 39.3 Å². The van der Waals surface area contributed by atoms with Crippen LogP contribution in [0.15, 0.2) is 12.1 Å². The van der Waals surface area contributed by atoms with E-state index in [0.717, 1.165) is 22.6 Å². The number of ether oxygens (including phenoxy) is 2. The van der Waals surface area contributed by atoms with Crippen molar-refractivity contribution in [1.29, 1.82) is 0 Å². The quantitative estimate of drug-likeness (QED) is 0.831. The molecule has 1 atom stereocenters. The van der Waals surface area contributed by atoms with Crippen molar-refractivity contribution in [2.24, 2.45) is 0 Å². The number of aliphatic hydroxyl groups is 1. The van der Waals surface area contributed by atoms with E-state index in [2.05, 4.69) is 12.2 Å². The summed E-state index contributed by atoms with van der Waals surface area (Å²) in [6.45, 7) is 8.21. The summed E-state index contributed by atoms with van der Waals surface area (Å²) in [6, 6.07) is 4.08. The van der Waals surface area contributed by atoms with Crippen LogP contribution in [0, 0.1) is 6.92 Å². The molecule has 0 bridgehead atoms. The SMILES string of the molecule is COc1cc(C)c(C(C)NCC(C)(C)O)cc1OC. The summed E-state index contributed by atoms with van der Waals surface area (Å²) in [5, 5.41) is 13.1. The maximum absolute atomic E-state index is 9.76. The first-order chi connectivity index (χ1) is 8.78. The predicted molar refractivity (Wildman–Crippen MR) is 77.0 cm³/mol. The van der Waals surface area contributed by atoms with Crippen molar-refractivity contribution in [3.8, 4) is 11.5 Å². The second-order valence-corrected chi connectivity index (χ2v) is 5.48. The summed E-state index contributed by atoms with van der Waals surface area (Å²) in [5.41, 5.74) is 1.55. The summed E-state index contributed by atoms with van der Waals surface area (Å²) in [7, 11) is 3.26. The first kappa shape index (κ1) is 15.8. The van der Waals surface area contributed by atoms with Crippen molar-refractivity contribution >= 4 is 0 Å². The van der Waals surface area contributed by atoms with Gasteiger partial charge < -0.3 is 19.9 Å². The van der Waals surface area contributed by atoms with Gasteiger partial charge >= 0.3 is 0 Å². The summed E-state index contributed by atoms with van der Waals surface area (Å²) >= 11 is 0. The molecule has 0 heterocycles. The summed E-state index contributed by atoms with van der Waals surface area (Å²) in [4.78, 5) is 0. The van der Waals surface area contributed by atoms with Gasteiger partial charge in [0.15, 0.2) is 11.5 Å². The molecule has 0 fully saturated rings. The molecule has 0 aliphatic carbocycles. The fourth-order valence-electron chi connectivity index (χ4n) is 1.98. The highest BCUT2D eigenvalue weighted by molar-refractivity contribution is 5.47. The summed E-state index contributed by atoms with van der Waals surface area (Å²) in [6.07, 6.45) is 0. The summed E-state index contributed by atoms with van der Waals surface area (Å²) < 4.78 is 10.6. The van der Waals surface area contributed by atoms with E-state index in [1.165, 1.54) is 0 Å². The van der Waals surface area contributed by atoms with Gasteiger partial charge in [-0.2, -0.15) is 0 Å². The molecular formula is C15H25NO3. The average Bonchev–Trinajstić information content (AvgIpc) is 2.34. The number of rotatable bonds is 6. The minimum absolute atomic E-state index is 0.131. The van der Waals surface area contributed by atoms with Crippen LogP contribution in [-0.2, 0) is 0 Å². The van der Waals surface area contributed by atoms with Gasteiger partial charge in [-0.15, -0.1) is 0 Å². The number of aryl methyl sites for hydroxylation is 1. The summed E-state index contributed by atoms with van der Waals surface area (Å²) in [5.74, 6) is 1.46. The Hall–Kier alpha value is -1.26. The van der Waals surface area contributed by atoms with E-state index < -0.39 is 5.60 Å². The lowest BCUT2D eigenvalue weighted by Gasteiger charge is -2.23. The van der Waals surface area contributed by atoms with Crippen LogP contribution in [0.2, 0.25) is 0 Å². The molecule has 1 aromatic rings. The molecule has 1 aromatic carbocycles. The highest BCUT2D eigenvalue weighted by Crippen LogP contribution is 2.32. The third-order valence-electron chi connectivity index (χ3n) is 3.08. The van der Waals surface area contributed by atoms with Crippen LogP contribution in [-0.4, -0.2) is 31.5 Å². The number of hydrogen-bond acceptors (Lipinski definition) is 4. The Balaban J connectivity index is 2.93. The van der Waals surface area contributed by atoms with E-state index in [1.807, 2.05) is 19.1 Å². The zero-order valence-electron chi connectivity index (χ0n) is 12.7. The number of methoxy groups -OCH3 is 2. The molecule has 1 rings (SSSR count). The zero-order chi connectivity index (χ0) is 14.6. The molecule has 19 heavy (non-hydrogen) atoms. The molecule has 0 amide bonds. The molecule has 108 valence electrons. The van der Waals surface area contributed by atoms with Crippen molar-refractivity contribution in [1.82, 2.24) is 5.32 Å². The van der Waals surface area contributed by atoms with E-state index in [4.69, 9.17) is 9.47 Å².